The first kappa shape index (κ1) is 26.4. The van der Waals surface area contributed by atoms with Gasteiger partial charge in [-0.15, -0.1) is 10.2 Å². The number of aryl methyl sites for hydroxylation is 1. The maximum Gasteiger partial charge on any atom is 0.249 e. The lowest BCUT2D eigenvalue weighted by Crippen LogP contribution is -2.34. The van der Waals surface area contributed by atoms with Gasteiger partial charge in [0.15, 0.2) is 0 Å². The highest BCUT2D eigenvalue weighted by Crippen LogP contribution is 2.26. The quantitative estimate of drug-likeness (QED) is 0.219. The number of rotatable bonds is 14. The number of benzene rings is 2. The SMILES string of the molecule is O=C(NCc1nnc(-c2ccc(OCc3ccncc3)cc2)s1)C(O)CCCCCCc1ccccc1. The summed E-state index contributed by atoms with van der Waals surface area (Å²) in [4.78, 5) is 16.3. The normalized spacial score (nSPS) is 11.7. The first-order valence-corrected chi connectivity index (χ1v) is 13.4. The smallest absolute Gasteiger partial charge is 0.249 e. The summed E-state index contributed by atoms with van der Waals surface area (Å²) < 4.78 is 5.81. The fourth-order valence-corrected chi connectivity index (χ4v) is 4.64. The molecule has 2 N–H and O–H groups in total. The molecule has 1 amide bonds. The Morgan fingerprint density at radius 3 is 2.43 bits per heavy atom. The Bertz CT molecular complexity index is 1220. The van der Waals surface area contributed by atoms with E-state index in [0.29, 0.717) is 18.0 Å². The third-order valence-electron chi connectivity index (χ3n) is 5.98. The van der Waals surface area contributed by atoms with Gasteiger partial charge in [-0.05, 0) is 66.8 Å². The second-order valence-corrected chi connectivity index (χ2v) is 9.90. The van der Waals surface area contributed by atoms with Crippen LogP contribution in [-0.4, -0.2) is 32.3 Å². The molecule has 1 atom stereocenters. The number of aliphatic hydroxyl groups excluding tert-OH is 1. The molecule has 0 aliphatic rings. The first-order valence-electron chi connectivity index (χ1n) is 12.6. The van der Waals surface area contributed by atoms with Gasteiger partial charge in [0.25, 0.3) is 0 Å². The molecule has 0 spiro atoms. The minimum absolute atomic E-state index is 0.248. The Labute approximate surface area is 221 Å². The zero-order valence-electron chi connectivity index (χ0n) is 20.8. The molecule has 4 aromatic rings. The molecule has 192 valence electrons. The second kappa shape index (κ2) is 14.2. The van der Waals surface area contributed by atoms with Crippen LogP contribution in [0.4, 0.5) is 0 Å². The van der Waals surface area contributed by atoms with Crippen LogP contribution in [0.25, 0.3) is 10.6 Å². The zero-order chi connectivity index (χ0) is 25.7. The molecule has 1 unspecified atom stereocenters. The summed E-state index contributed by atoms with van der Waals surface area (Å²) >= 11 is 1.41. The number of carbonyl (C=O) groups excluding carboxylic acids is 1. The predicted octanol–water partition coefficient (Wildman–Crippen LogP) is 5.35. The van der Waals surface area contributed by atoms with Crippen molar-refractivity contribution >= 4 is 17.2 Å². The lowest BCUT2D eigenvalue weighted by molar-refractivity contribution is -0.129. The average Bonchev–Trinajstić information content (AvgIpc) is 3.43. The van der Waals surface area contributed by atoms with E-state index in [-0.39, 0.29) is 12.5 Å². The molecule has 0 saturated heterocycles. The maximum atomic E-state index is 12.3. The van der Waals surface area contributed by atoms with E-state index in [2.05, 4.69) is 44.8 Å². The minimum atomic E-state index is -0.999. The van der Waals surface area contributed by atoms with Crippen molar-refractivity contribution in [3.63, 3.8) is 0 Å². The molecular formula is C29H32N4O3S. The molecule has 0 aliphatic carbocycles. The van der Waals surface area contributed by atoms with Crippen LogP contribution in [0.3, 0.4) is 0 Å². The van der Waals surface area contributed by atoms with Crippen LogP contribution >= 0.6 is 11.3 Å². The molecule has 0 fully saturated rings. The molecule has 4 rings (SSSR count). The lowest BCUT2D eigenvalue weighted by Gasteiger charge is -2.10. The molecule has 2 heterocycles. The maximum absolute atomic E-state index is 12.3. The number of aliphatic hydroxyl groups is 1. The van der Waals surface area contributed by atoms with Gasteiger partial charge < -0.3 is 15.2 Å². The number of unbranched alkanes of at least 4 members (excludes halogenated alkanes) is 3. The van der Waals surface area contributed by atoms with Crippen molar-refractivity contribution in [2.24, 2.45) is 0 Å². The Morgan fingerprint density at radius 2 is 1.65 bits per heavy atom. The van der Waals surface area contributed by atoms with E-state index in [1.807, 2.05) is 42.5 Å². The molecule has 0 saturated carbocycles. The van der Waals surface area contributed by atoms with Crippen LogP contribution in [0.1, 0.15) is 48.2 Å². The van der Waals surface area contributed by atoms with Crippen LogP contribution in [0.2, 0.25) is 0 Å². The van der Waals surface area contributed by atoms with Crippen molar-refractivity contribution in [3.05, 3.63) is 95.3 Å². The summed E-state index contributed by atoms with van der Waals surface area (Å²) in [6.45, 7) is 0.725. The number of nitrogens with zero attached hydrogens (tertiary/aromatic N) is 3. The van der Waals surface area contributed by atoms with Crippen molar-refractivity contribution in [2.75, 3.05) is 0 Å². The molecule has 2 aromatic carbocycles. The van der Waals surface area contributed by atoms with Crippen molar-refractivity contribution in [1.82, 2.24) is 20.5 Å². The molecule has 2 aromatic heterocycles. The molecular weight excluding hydrogens is 484 g/mol. The fraction of sp³-hybridized carbons (Fsp3) is 0.310. The molecule has 0 aliphatic heterocycles. The van der Waals surface area contributed by atoms with Crippen molar-refractivity contribution in [1.29, 1.82) is 0 Å². The van der Waals surface area contributed by atoms with Crippen LogP contribution in [0.5, 0.6) is 5.75 Å². The molecule has 0 bridgehead atoms. The molecule has 37 heavy (non-hydrogen) atoms. The number of amides is 1. The highest BCUT2D eigenvalue weighted by atomic mass is 32.1. The number of hydrogen-bond acceptors (Lipinski definition) is 7. The number of hydrogen-bond donors (Lipinski definition) is 2. The van der Waals surface area contributed by atoms with Crippen LogP contribution < -0.4 is 10.1 Å². The van der Waals surface area contributed by atoms with Gasteiger partial charge in [0.05, 0.1) is 6.54 Å². The Morgan fingerprint density at radius 1 is 0.892 bits per heavy atom. The van der Waals surface area contributed by atoms with E-state index < -0.39 is 6.10 Å². The summed E-state index contributed by atoms with van der Waals surface area (Å²) in [6, 6.07) is 22.0. The standard InChI is InChI=1S/C29H32N4O3S/c34-26(11-7-2-1-4-8-22-9-5-3-6-10-22)28(35)31-20-27-32-33-29(37-27)24-12-14-25(15-13-24)36-21-23-16-18-30-19-17-23/h3,5-6,9-10,12-19,26,34H,1-2,4,7-8,11,20-21H2,(H,31,35). The van der Waals surface area contributed by atoms with Gasteiger partial charge in [-0.25, -0.2) is 0 Å². The van der Waals surface area contributed by atoms with E-state index in [9.17, 15) is 9.90 Å². The van der Waals surface area contributed by atoms with Crippen molar-refractivity contribution in [2.45, 2.75) is 57.8 Å². The third-order valence-corrected chi connectivity index (χ3v) is 6.95. The van der Waals surface area contributed by atoms with E-state index in [1.54, 1.807) is 12.4 Å². The summed E-state index contributed by atoms with van der Waals surface area (Å²) in [5.41, 5.74) is 3.34. The Balaban J connectivity index is 1.13. The molecule has 7 nitrogen and oxygen atoms in total. The van der Waals surface area contributed by atoms with Crippen LogP contribution in [0, 0.1) is 0 Å². The Kier molecular flexibility index (Phi) is 10.2. The highest BCUT2D eigenvalue weighted by Gasteiger charge is 2.15. The van der Waals surface area contributed by atoms with E-state index >= 15 is 0 Å². The predicted molar refractivity (Wildman–Crippen MR) is 145 cm³/mol. The zero-order valence-corrected chi connectivity index (χ0v) is 21.6. The van der Waals surface area contributed by atoms with Crippen molar-refractivity contribution in [3.8, 4) is 16.3 Å². The number of nitrogens with one attached hydrogen (secondary N) is 1. The number of carbonyl (C=O) groups is 1. The summed E-state index contributed by atoms with van der Waals surface area (Å²) in [7, 11) is 0. The molecule has 8 heteroatoms. The number of aromatic nitrogens is 3. The van der Waals surface area contributed by atoms with Gasteiger partial charge in [-0.1, -0.05) is 60.9 Å². The Hall–Kier alpha value is -3.62. The first-order chi connectivity index (χ1) is 18.2. The summed E-state index contributed by atoms with van der Waals surface area (Å²) in [6.07, 6.45) is 8.06. The van der Waals surface area contributed by atoms with Gasteiger partial charge >= 0.3 is 0 Å². The van der Waals surface area contributed by atoms with Crippen molar-refractivity contribution < 1.29 is 14.6 Å². The monoisotopic (exact) mass is 516 g/mol. The highest BCUT2D eigenvalue weighted by molar-refractivity contribution is 7.14. The summed E-state index contributed by atoms with van der Waals surface area (Å²) in [5, 5.41) is 22.8. The number of ether oxygens (including phenoxy) is 1. The van der Waals surface area contributed by atoms with E-state index in [4.69, 9.17) is 4.74 Å². The van der Waals surface area contributed by atoms with Gasteiger partial charge in [0.2, 0.25) is 5.91 Å². The van der Waals surface area contributed by atoms with Gasteiger partial charge in [-0.2, -0.15) is 0 Å². The van der Waals surface area contributed by atoms with E-state index in [1.165, 1.54) is 16.9 Å². The second-order valence-electron chi connectivity index (χ2n) is 8.84. The third kappa shape index (κ3) is 8.77. The van der Waals surface area contributed by atoms with Gasteiger partial charge in [0.1, 0.15) is 28.5 Å². The lowest BCUT2D eigenvalue weighted by atomic mass is 10.0. The topological polar surface area (TPSA) is 97.2 Å². The van der Waals surface area contributed by atoms with E-state index in [0.717, 1.165) is 54.0 Å². The number of pyridine rings is 1. The average molecular weight is 517 g/mol. The summed E-state index contributed by atoms with van der Waals surface area (Å²) in [5.74, 6) is 0.402. The van der Waals surface area contributed by atoms with Crippen LogP contribution in [0.15, 0.2) is 79.1 Å². The largest absolute Gasteiger partial charge is 0.489 e. The fourth-order valence-electron chi connectivity index (χ4n) is 3.86. The molecule has 0 radical (unpaired) electrons. The van der Waals surface area contributed by atoms with Gasteiger partial charge in [-0.3, -0.25) is 9.78 Å². The van der Waals surface area contributed by atoms with Crippen LogP contribution in [-0.2, 0) is 24.4 Å². The van der Waals surface area contributed by atoms with Gasteiger partial charge in [0, 0.05) is 18.0 Å². The minimum Gasteiger partial charge on any atom is -0.489 e.